The van der Waals surface area contributed by atoms with Gasteiger partial charge in [-0.1, -0.05) is 60.7 Å². The number of rotatable bonds is 3. The Labute approximate surface area is 134 Å². The summed E-state index contributed by atoms with van der Waals surface area (Å²) in [6.45, 7) is 6.79. The van der Waals surface area contributed by atoms with Gasteiger partial charge in [-0.2, -0.15) is 0 Å². The zero-order valence-electron chi connectivity index (χ0n) is 14.0. The van der Waals surface area contributed by atoms with Gasteiger partial charge in [0.15, 0.2) is 0 Å². The highest BCUT2D eigenvalue weighted by atomic mass is 15.0. The van der Waals surface area contributed by atoms with E-state index in [4.69, 9.17) is 0 Å². The van der Waals surface area contributed by atoms with Crippen molar-refractivity contribution in [3.05, 3.63) is 71.8 Å². The van der Waals surface area contributed by atoms with Gasteiger partial charge in [-0.25, -0.2) is 0 Å². The van der Waals surface area contributed by atoms with E-state index in [9.17, 15) is 0 Å². The average molecular weight is 293 g/mol. The van der Waals surface area contributed by atoms with Gasteiger partial charge in [0, 0.05) is 17.0 Å². The zero-order chi connectivity index (χ0) is 15.6. The molecule has 0 unspecified atom stereocenters. The van der Waals surface area contributed by atoms with Crippen molar-refractivity contribution in [3.8, 4) is 0 Å². The Bertz CT molecular complexity index is 555. The Morgan fingerprint density at radius 3 is 1.82 bits per heavy atom. The fourth-order valence-corrected chi connectivity index (χ4v) is 3.99. The number of nitrogens with one attached hydrogen (secondary N) is 1. The third-order valence-electron chi connectivity index (χ3n) is 4.80. The lowest BCUT2D eigenvalue weighted by Gasteiger charge is -2.32. The quantitative estimate of drug-likeness (QED) is 0.847. The topological polar surface area (TPSA) is 12.0 Å². The molecule has 0 aliphatic heterocycles. The fourth-order valence-electron chi connectivity index (χ4n) is 3.99. The van der Waals surface area contributed by atoms with Crippen molar-refractivity contribution in [1.29, 1.82) is 0 Å². The van der Waals surface area contributed by atoms with Gasteiger partial charge in [-0.15, -0.1) is 0 Å². The molecule has 22 heavy (non-hydrogen) atoms. The molecule has 116 valence electrons. The maximum absolute atomic E-state index is 3.81. The molecule has 1 atom stereocenters. The Morgan fingerprint density at radius 2 is 1.36 bits per heavy atom. The molecule has 1 saturated carbocycles. The van der Waals surface area contributed by atoms with Crippen LogP contribution >= 0.6 is 0 Å². The van der Waals surface area contributed by atoms with Crippen LogP contribution in [0.1, 0.15) is 51.2 Å². The Balaban J connectivity index is 1.97. The summed E-state index contributed by atoms with van der Waals surface area (Å²) in [4.78, 5) is 0. The van der Waals surface area contributed by atoms with Crippen LogP contribution in [-0.4, -0.2) is 11.6 Å². The minimum atomic E-state index is 0.158. The second kappa shape index (κ2) is 5.89. The lowest BCUT2D eigenvalue weighted by molar-refractivity contribution is 0.352. The summed E-state index contributed by atoms with van der Waals surface area (Å²) >= 11 is 0. The van der Waals surface area contributed by atoms with Crippen molar-refractivity contribution in [2.45, 2.75) is 57.0 Å². The smallest absolute Gasteiger partial charge is 0.0218 e. The molecule has 1 aliphatic carbocycles. The molecule has 0 bridgehead atoms. The van der Waals surface area contributed by atoms with E-state index in [0.29, 0.717) is 6.04 Å². The van der Waals surface area contributed by atoms with Gasteiger partial charge >= 0.3 is 0 Å². The van der Waals surface area contributed by atoms with Crippen LogP contribution in [0.4, 0.5) is 0 Å². The third-order valence-corrected chi connectivity index (χ3v) is 4.80. The van der Waals surface area contributed by atoms with E-state index in [2.05, 4.69) is 86.8 Å². The zero-order valence-corrected chi connectivity index (χ0v) is 14.0. The van der Waals surface area contributed by atoms with Crippen LogP contribution in [0.5, 0.6) is 0 Å². The Morgan fingerprint density at radius 1 is 0.864 bits per heavy atom. The van der Waals surface area contributed by atoms with Crippen molar-refractivity contribution >= 4 is 0 Å². The van der Waals surface area contributed by atoms with Crippen LogP contribution < -0.4 is 5.32 Å². The Hall–Kier alpha value is -1.60. The first-order valence-electron chi connectivity index (χ1n) is 8.38. The van der Waals surface area contributed by atoms with E-state index in [-0.39, 0.29) is 11.0 Å². The van der Waals surface area contributed by atoms with Crippen LogP contribution in [-0.2, 0) is 5.41 Å². The molecule has 2 aromatic rings. The normalized spacial score (nSPS) is 21.0. The lowest BCUT2D eigenvalue weighted by Crippen LogP contribution is -2.43. The molecule has 1 aliphatic rings. The van der Waals surface area contributed by atoms with Crippen molar-refractivity contribution in [2.75, 3.05) is 0 Å². The molecule has 1 N–H and O–H groups in total. The van der Waals surface area contributed by atoms with Gasteiger partial charge in [-0.05, 0) is 51.2 Å². The summed E-state index contributed by atoms with van der Waals surface area (Å²) in [5.74, 6) is 0. The number of hydrogen-bond donors (Lipinski definition) is 1. The molecule has 1 fully saturated rings. The summed E-state index contributed by atoms with van der Waals surface area (Å²) in [6, 6.07) is 22.7. The van der Waals surface area contributed by atoms with Crippen LogP contribution in [0.25, 0.3) is 0 Å². The SMILES string of the molecule is CC(C)(C)N[C@H]1CCC(c2ccccc2)(c2ccccc2)C1. The van der Waals surface area contributed by atoms with Gasteiger partial charge in [0.25, 0.3) is 0 Å². The predicted molar refractivity (Wildman–Crippen MR) is 94.2 cm³/mol. The molecule has 0 aromatic heterocycles. The molecular weight excluding hydrogens is 266 g/mol. The van der Waals surface area contributed by atoms with Crippen LogP contribution in [0.15, 0.2) is 60.7 Å². The lowest BCUT2D eigenvalue weighted by atomic mass is 9.73. The van der Waals surface area contributed by atoms with E-state index in [1.165, 1.54) is 30.4 Å². The van der Waals surface area contributed by atoms with E-state index >= 15 is 0 Å². The van der Waals surface area contributed by atoms with Gasteiger partial charge < -0.3 is 5.32 Å². The van der Waals surface area contributed by atoms with E-state index in [0.717, 1.165) is 0 Å². The number of hydrogen-bond acceptors (Lipinski definition) is 1. The molecule has 0 spiro atoms. The summed E-state index contributed by atoms with van der Waals surface area (Å²) in [5.41, 5.74) is 3.25. The summed E-state index contributed by atoms with van der Waals surface area (Å²) in [5, 5.41) is 3.81. The monoisotopic (exact) mass is 293 g/mol. The molecule has 3 rings (SSSR count). The van der Waals surface area contributed by atoms with Crippen molar-refractivity contribution < 1.29 is 0 Å². The van der Waals surface area contributed by atoms with Crippen LogP contribution in [0.2, 0.25) is 0 Å². The standard InChI is InChI=1S/C21H27N/c1-20(2,3)22-19-14-15-21(16-19,17-10-6-4-7-11-17)18-12-8-5-9-13-18/h4-13,19,22H,14-16H2,1-3H3/t19-/m0/s1. The predicted octanol–water partition coefficient (Wildman–Crippen LogP) is 4.91. The third kappa shape index (κ3) is 3.10. The molecule has 0 saturated heterocycles. The highest BCUT2D eigenvalue weighted by molar-refractivity contribution is 5.41. The number of benzene rings is 2. The second-order valence-electron chi connectivity index (χ2n) is 7.65. The second-order valence-corrected chi connectivity index (χ2v) is 7.65. The van der Waals surface area contributed by atoms with Crippen molar-refractivity contribution in [1.82, 2.24) is 5.32 Å². The van der Waals surface area contributed by atoms with Gasteiger partial charge in [0.1, 0.15) is 0 Å². The maximum atomic E-state index is 3.81. The van der Waals surface area contributed by atoms with E-state index < -0.39 is 0 Å². The van der Waals surface area contributed by atoms with Crippen LogP contribution in [0, 0.1) is 0 Å². The molecule has 1 nitrogen and oxygen atoms in total. The fraction of sp³-hybridized carbons (Fsp3) is 0.429. The van der Waals surface area contributed by atoms with E-state index in [1.807, 2.05) is 0 Å². The van der Waals surface area contributed by atoms with Gasteiger partial charge in [0.2, 0.25) is 0 Å². The largest absolute Gasteiger partial charge is 0.309 e. The molecule has 0 amide bonds. The average Bonchev–Trinajstić information content (AvgIpc) is 2.92. The molecular formula is C21H27N. The Kier molecular flexibility index (Phi) is 4.10. The summed E-state index contributed by atoms with van der Waals surface area (Å²) < 4.78 is 0. The first kappa shape index (κ1) is 15.3. The van der Waals surface area contributed by atoms with E-state index in [1.54, 1.807) is 0 Å². The van der Waals surface area contributed by atoms with Crippen molar-refractivity contribution in [2.24, 2.45) is 0 Å². The van der Waals surface area contributed by atoms with Gasteiger partial charge in [-0.3, -0.25) is 0 Å². The van der Waals surface area contributed by atoms with Crippen molar-refractivity contribution in [3.63, 3.8) is 0 Å². The summed E-state index contributed by atoms with van der Waals surface area (Å²) in [7, 11) is 0. The molecule has 2 aromatic carbocycles. The maximum Gasteiger partial charge on any atom is 0.0218 e. The summed E-state index contributed by atoms with van der Waals surface area (Å²) in [6.07, 6.45) is 3.63. The molecule has 1 heteroatoms. The highest BCUT2D eigenvalue weighted by Crippen LogP contribution is 2.46. The highest BCUT2D eigenvalue weighted by Gasteiger charge is 2.42. The van der Waals surface area contributed by atoms with Crippen LogP contribution in [0.3, 0.4) is 0 Å². The molecule has 0 heterocycles. The molecule has 0 radical (unpaired) electrons. The first-order chi connectivity index (χ1) is 10.5. The minimum Gasteiger partial charge on any atom is -0.309 e. The first-order valence-corrected chi connectivity index (χ1v) is 8.38. The van der Waals surface area contributed by atoms with Gasteiger partial charge in [0.05, 0.1) is 0 Å². The minimum absolute atomic E-state index is 0.158.